The van der Waals surface area contributed by atoms with Crippen LogP contribution in [0.15, 0.2) is 6.07 Å². The molecule has 4 nitrogen and oxygen atoms in total. The number of nitrogens with zero attached hydrogens (tertiary/aromatic N) is 4. The molecule has 1 aromatic rings. The summed E-state index contributed by atoms with van der Waals surface area (Å²) in [6, 6.07) is 4.39. The van der Waals surface area contributed by atoms with Gasteiger partial charge in [0.05, 0.1) is 5.56 Å². The Hall–Kier alpha value is -1.60. The number of anilines is 1. The van der Waals surface area contributed by atoms with Gasteiger partial charge >= 0.3 is 0 Å². The van der Waals surface area contributed by atoms with Crippen LogP contribution < -0.4 is 4.90 Å². The second-order valence-corrected chi connectivity index (χ2v) is 5.72. The molecule has 20 heavy (non-hydrogen) atoms. The number of hydrogen-bond donors (Lipinski definition) is 0. The molecule has 4 heteroatoms. The van der Waals surface area contributed by atoms with Crippen molar-refractivity contribution in [3.8, 4) is 6.07 Å². The first-order chi connectivity index (χ1) is 9.65. The Labute approximate surface area is 122 Å². The van der Waals surface area contributed by atoms with Crippen molar-refractivity contribution in [2.45, 2.75) is 32.6 Å². The maximum atomic E-state index is 9.42. The van der Waals surface area contributed by atoms with Crippen LogP contribution in [0.3, 0.4) is 0 Å². The molecule has 0 radical (unpaired) electrons. The van der Waals surface area contributed by atoms with E-state index in [4.69, 9.17) is 4.98 Å². The molecule has 0 atom stereocenters. The monoisotopic (exact) mass is 272 g/mol. The van der Waals surface area contributed by atoms with Crippen LogP contribution in [0.1, 0.15) is 36.6 Å². The van der Waals surface area contributed by atoms with Crippen molar-refractivity contribution >= 4 is 5.82 Å². The van der Waals surface area contributed by atoms with Crippen LogP contribution in [0, 0.1) is 11.3 Å². The molecule has 0 N–H and O–H groups in total. The molecule has 1 aromatic heterocycles. The SMILES string of the molecule is CCCN(CCN(C)C)c1nc2c(cc1C#N)CCC2. The maximum absolute atomic E-state index is 9.42. The number of hydrogen-bond acceptors (Lipinski definition) is 4. The van der Waals surface area contributed by atoms with Crippen molar-refractivity contribution in [2.75, 3.05) is 38.6 Å². The minimum Gasteiger partial charge on any atom is -0.354 e. The number of rotatable bonds is 6. The predicted octanol–water partition coefficient (Wildman–Crippen LogP) is 2.22. The van der Waals surface area contributed by atoms with Gasteiger partial charge in [0.1, 0.15) is 11.9 Å². The molecule has 1 aliphatic rings. The summed E-state index contributed by atoms with van der Waals surface area (Å²) in [7, 11) is 4.15. The Morgan fingerprint density at radius 2 is 2.05 bits per heavy atom. The van der Waals surface area contributed by atoms with Crippen LogP contribution in [0.2, 0.25) is 0 Å². The summed E-state index contributed by atoms with van der Waals surface area (Å²) in [6.45, 7) is 5.02. The molecule has 1 aliphatic carbocycles. The molecule has 0 unspecified atom stereocenters. The molecule has 1 heterocycles. The molecular formula is C16H24N4. The highest BCUT2D eigenvalue weighted by atomic mass is 15.2. The van der Waals surface area contributed by atoms with E-state index in [9.17, 15) is 5.26 Å². The maximum Gasteiger partial charge on any atom is 0.146 e. The summed E-state index contributed by atoms with van der Waals surface area (Å²) in [5.74, 6) is 0.886. The van der Waals surface area contributed by atoms with Gasteiger partial charge in [0.15, 0.2) is 0 Å². The lowest BCUT2D eigenvalue weighted by Crippen LogP contribution is -2.33. The summed E-state index contributed by atoms with van der Waals surface area (Å²) < 4.78 is 0. The zero-order valence-corrected chi connectivity index (χ0v) is 12.8. The minimum absolute atomic E-state index is 0.734. The lowest BCUT2D eigenvalue weighted by Gasteiger charge is -2.26. The summed E-state index contributed by atoms with van der Waals surface area (Å²) in [5.41, 5.74) is 3.21. The molecule has 0 aliphatic heterocycles. The highest BCUT2D eigenvalue weighted by Gasteiger charge is 2.19. The molecule has 0 bridgehead atoms. The van der Waals surface area contributed by atoms with Crippen molar-refractivity contribution < 1.29 is 0 Å². The second-order valence-electron chi connectivity index (χ2n) is 5.72. The smallest absolute Gasteiger partial charge is 0.146 e. The number of pyridine rings is 1. The quantitative estimate of drug-likeness (QED) is 0.796. The summed E-state index contributed by atoms with van der Waals surface area (Å²) >= 11 is 0. The van der Waals surface area contributed by atoms with Crippen LogP contribution in [0.25, 0.3) is 0 Å². The largest absolute Gasteiger partial charge is 0.354 e. The number of fused-ring (bicyclic) bond motifs is 1. The van der Waals surface area contributed by atoms with E-state index in [0.29, 0.717) is 0 Å². The van der Waals surface area contributed by atoms with Crippen LogP contribution in [0.4, 0.5) is 5.82 Å². The molecule has 0 fully saturated rings. The van der Waals surface area contributed by atoms with Gasteiger partial charge in [0, 0.05) is 25.3 Å². The Morgan fingerprint density at radius 3 is 2.70 bits per heavy atom. The van der Waals surface area contributed by atoms with E-state index in [1.54, 1.807) is 0 Å². The van der Waals surface area contributed by atoms with E-state index in [1.807, 2.05) is 0 Å². The zero-order valence-electron chi connectivity index (χ0n) is 12.8. The van der Waals surface area contributed by atoms with Gasteiger partial charge in [-0.1, -0.05) is 6.92 Å². The van der Waals surface area contributed by atoms with E-state index in [1.165, 1.54) is 17.7 Å². The molecule has 0 saturated heterocycles. The Balaban J connectivity index is 2.29. The molecule has 0 aromatic carbocycles. The summed E-state index contributed by atoms with van der Waals surface area (Å²) in [4.78, 5) is 9.24. The first-order valence-corrected chi connectivity index (χ1v) is 7.48. The van der Waals surface area contributed by atoms with Gasteiger partial charge in [0.25, 0.3) is 0 Å². The van der Waals surface area contributed by atoms with E-state index >= 15 is 0 Å². The molecule has 0 saturated carbocycles. The van der Waals surface area contributed by atoms with Crippen molar-refractivity contribution in [3.63, 3.8) is 0 Å². The second kappa shape index (κ2) is 6.71. The minimum atomic E-state index is 0.734. The van der Waals surface area contributed by atoms with Crippen molar-refractivity contribution in [3.05, 3.63) is 22.9 Å². The normalized spacial score (nSPS) is 13.3. The third-order valence-corrected chi connectivity index (χ3v) is 3.76. The molecular weight excluding hydrogens is 248 g/mol. The molecule has 0 spiro atoms. The Bertz CT molecular complexity index is 502. The Kier molecular flexibility index (Phi) is 4.97. The number of aryl methyl sites for hydroxylation is 2. The van der Waals surface area contributed by atoms with Crippen LogP contribution in [0.5, 0.6) is 0 Å². The number of nitriles is 1. The molecule has 108 valence electrons. The van der Waals surface area contributed by atoms with Crippen LogP contribution in [-0.2, 0) is 12.8 Å². The third kappa shape index (κ3) is 3.29. The Morgan fingerprint density at radius 1 is 1.25 bits per heavy atom. The van der Waals surface area contributed by atoms with Crippen molar-refractivity contribution in [1.29, 1.82) is 5.26 Å². The molecule has 2 rings (SSSR count). The topological polar surface area (TPSA) is 43.2 Å². The van der Waals surface area contributed by atoms with Gasteiger partial charge in [-0.25, -0.2) is 4.98 Å². The fourth-order valence-electron chi connectivity index (χ4n) is 2.70. The summed E-state index contributed by atoms with van der Waals surface area (Å²) in [5, 5.41) is 9.42. The average molecular weight is 272 g/mol. The lowest BCUT2D eigenvalue weighted by molar-refractivity contribution is 0.412. The zero-order chi connectivity index (χ0) is 14.5. The fraction of sp³-hybridized carbons (Fsp3) is 0.625. The van der Waals surface area contributed by atoms with E-state index < -0.39 is 0 Å². The van der Waals surface area contributed by atoms with Crippen LogP contribution in [-0.4, -0.2) is 43.6 Å². The van der Waals surface area contributed by atoms with Gasteiger partial charge in [-0.3, -0.25) is 0 Å². The van der Waals surface area contributed by atoms with E-state index in [2.05, 4.69) is 43.0 Å². The fourth-order valence-corrected chi connectivity index (χ4v) is 2.70. The van der Waals surface area contributed by atoms with Gasteiger partial charge in [-0.2, -0.15) is 5.26 Å². The first kappa shape index (κ1) is 14.8. The van der Waals surface area contributed by atoms with E-state index in [0.717, 1.165) is 50.3 Å². The number of likely N-dealkylation sites (N-methyl/N-ethyl adjacent to an activating group) is 1. The van der Waals surface area contributed by atoms with Gasteiger partial charge < -0.3 is 9.80 Å². The average Bonchev–Trinajstić information content (AvgIpc) is 2.89. The van der Waals surface area contributed by atoms with Crippen LogP contribution >= 0.6 is 0 Å². The van der Waals surface area contributed by atoms with Gasteiger partial charge in [-0.05, 0) is 51.4 Å². The predicted molar refractivity (Wildman–Crippen MR) is 82.0 cm³/mol. The molecule has 0 amide bonds. The lowest BCUT2D eigenvalue weighted by atomic mass is 10.1. The number of aromatic nitrogens is 1. The van der Waals surface area contributed by atoms with Crippen molar-refractivity contribution in [1.82, 2.24) is 9.88 Å². The van der Waals surface area contributed by atoms with Gasteiger partial charge in [-0.15, -0.1) is 0 Å². The van der Waals surface area contributed by atoms with Crippen molar-refractivity contribution in [2.24, 2.45) is 0 Å². The first-order valence-electron chi connectivity index (χ1n) is 7.48. The third-order valence-electron chi connectivity index (χ3n) is 3.76. The standard InChI is InChI=1S/C16H24N4/c1-4-8-20(10-9-19(2)3)16-14(12-17)11-13-6-5-7-15(13)18-16/h11H,4-10H2,1-3H3. The van der Waals surface area contributed by atoms with E-state index in [-0.39, 0.29) is 0 Å². The highest BCUT2D eigenvalue weighted by molar-refractivity contribution is 5.56. The van der Waals surface area contributed by atoms with Gasteiger partial charge in [0.2, 0.25) is 0 Å². The summed E-state index contributed by atoms with van der Waals surface area (Å²) in [6.07, 6.45) is 4.36. The highest BCUT2D eigenvalue weighted by Crippen LogP contribution is 2.27.